The van der Waals surface area contributed by atoms with E-state index in [1.54, 1.807) is 12.1 Å². The summed E-state index contributed by atoms with van der Waals surface area (Å²) in [5.41, 5.74) is 5.04. The molecule has 0 radical (unpaired) electrons. The van der Waals surface area contributed by atoms with Crippen molar-refractivity contribution < 1.29 is 4.39 Å². The fraction of sp³-hybridized carbons (Fsp3) is 0.353. The van der Waals surface area contributed by atoms with Crippen LogP contribution in [0.25, 0.3) is 11.8 Å². The Morgan fingerprint density at radius 3 is 2.90 bits per heavy atom. The Labute approximate surface area is 123 Å². The third kappa shape index (κ3) is 2.02. The topological polar surface area (TPSA) is 29.9 Å². The van der Waals surface area contributed by atoms with Gasteiger partial charge in [0.1, 0.15) is 5.82 Å². The van der Waals surface area contributed by atoms with Crippen molar-refractivity contribution in [2.45, 2.75) is 19.8 Å². The molecule has 1 aliphatic carbocycles. The second-order valence-electron chi connectivity index (χ2n) is 6.28. The predicted molar refractivity (Wildman–Crippen MR) is 80.8 cm³/mol. The van der Waals surface area contributed by atoms with Crippen LogP contribution in [0, 0.1) is 11.2 Å². The summed E-state index contributed by atoms with van der Waals surface area (Å²) in [5, 5.41) is 8.01. The van der Waals surface area contributed by atoms with Crippen LogP contribution in [0.4, 0.5) is 4.39 Å². The minimum Gasteiger partial charge on any atom is -0.316 e. The van der Waals surface area contributed by atoms with Gasteiger partial charge >= 0.3 is 0 Å². The number of aromatic nitrogens is 2. The van der Waals surface area contributed by atoms with Gasteiger partial charge in [-0.05, 0) is 55.3 Å². The first-order valence-electron chi connectivity index (χ1n) is 7.40. The van der Waals surface area contributed by atoms with Crippen molar-refractivity contribution in [1.29, 1.82) is 0 Å². The van der Waals surface area contributed by atoms with Gasteiger partial charge in [0, 0.05) is 12.0 Å². The van der Waals surface area contributed by atoms with E-state index in [-0.39, 0.29) is 11.2 Å². The van der Waals surface area contributed by atoms with Gasteiger partial charge < -0.3 is 5.32 Å². The molecule has 0 spiro atoms. The highest BCUT2D eigenvalue weighted by molar-refractivity contribution is 5.61. The molecule has 0 saturated carbocycles. The molecule has 3 nitrogen and oxygen atoms in total. The minimum absolute atomic E-state index is 0.210. The van der Waals surface area contributed by atoms with Gasteiger partial charge in [0.15, 0.2) is 0 Å². The highest BCUT2D eigenvalue weighted by atomic mass is 19.1. The molecule has 1 aromatic carbocycles. The number of halogens is 1. The fourth-order valence-corrected chi connectivity index (χ4v) is 3.48. The normalized spacial score (nSPS) is 24.2. The molecule has 0 bridgehead atoms. The molecule has 1 fully saturated rings. The average molecular weight is 283 g/mol. The van der Waals surface area contributed by atoms with Crippen molar-refractivity contribution in [2.75, 3.05) is 13.1 Å². The lowest BCUT2D eigenvalue weighted by Crippen LogP contribution is -2.42. The zero-order valence-corrected chi connectivity index (χ0v) is 12.1. The Bertz CT molecular complexity index is 714. The Balaban J connectivity index is 1.80. The summed E-state index contributed by atoms with van der Waals surface area (Å²) in [7, 11) is 0. The Hall–Kier alpha value is -1.94. The van der Waals surface area contributed by atoms with Crippen LogP contribution in [0.15, 0.2) is 36.0 Å². The Morgan fingerprint density at radius 1 is 1.29 bits per heavy atom. The molecule has 1 aliphatic heterocycles. The largest absolute Gasteiger partial charge is 0.316 e. The maximum Gasteiger partial charge on any atom is 0.123 e. The van der Waals surface area contributed by atoms with Gasteiger partial charge in [0.25, 0.3) is 0 Å². The van der Waals surface area contributed by atoms with Crippen LogP contribution in [-0.2, 0) is 6.42 Å². The molecule has 0 unspecified atom stereocenters. The SMILES string of the molecule is C[C@@]12CNCCC1=Cc1c(cnn1-c1ccc(F)cc1)C2. The standard InChI is InChI=1S/C17H18FN3/c1-17-9-12-10-20-21(15-4-2-14(18)3-5-15)16(12)8-13(17)6-7-19-11-17/h2-5,8,10,19H,6-7,9,11H2,1H3/t17-/m1/s1. The van der Waals surface area contributed by atoms with Crippen molar-refractivity contribution in [3.8, 4) is 5.69 Å². The number of benzene rings is 1. The molecule has 2 heterocycles. The highest BCUT2D eigenvalue weighted by Crippen LogP contribution is 2.41. The van der Waals surface area contributed by atoms with E-state index in [0.717, 1.165) is 37.3 Å². The smallest absolute Gasteiger partial charge is 0.123 e. The van der Waals surface area contributed by atoms with Crippen LogP contribution < -0.4 is 5.32 Å². The number of piperidine rings is 1. The molecule has 4 rings (SSSR count). The van der Waals surface area contributed by atoms with Crippen molar-refractivity contribution in [3.05, 3.63) is 53.1 Å². The van der Waals surface area contributed by atoms with E-state index in [9.17, 15) is 4.39 Å². The zero-order valence-electron chi connectivity index (χ0n) is 12.1. The second-order valence-corrected chi connectivity index (χ2v) is 6.28. The first kappa shape index (κ1) is 12.8. The number of nitrogens with one attached hydrogen (secondary N) is 1. The van der Waals surface area contributed by atoms with Gasteiger partial charge in [-0.25, -0.2) is 9.07 Å². The lowest BCUT2D eigenvalue weighted by Gasteiger charge is -2.39. The van der Waals surface area contributed by atoms with E-state index in [1.807, 2.05) is 10.9 Å². The van der Waals surface area contributed by atoms with Crippen molar-refractivity contribution in [2.24, 2.45) is 5.41 Å². The van der Waals surface area contributed by atoms with Gasteiger partial charge in [0.2, 0.25) is 0 Å². The van der Waals surface area contributed by atoms with Crippen LogP contribution in [0.2, 0.25) is 0 Å². The molecule has 0 amide bonds. The van der Waals surface area contributed by atoms with Crippen LogP contribution in [0.3, 0.4) is 0 Å². The molecule has 1 aromatic heterocycles. The quantitative estimate of drug-likeness (QED) is 0.872. The Morgan fingerprint density at radius 2 is 2.10 bits per heavy atom. The summed E-state index contributed by atoms with van der Waals surface area (Å²) >= 11 is 0. The summed E-state index contributed by atoms with van der Waals surface area (Å²) in [5.74, 6) is -0.218. The molecule has 1 saturated heterocycles. The van der Waals surface area contributed by atoms with E-state index in [2.05, 4.69) is 23.4 Å². The lowest BCUT2D eigenvalue weighted by atomic mass is 9.70. The molecular weight excluding hydrogens is 265 g/mol. The van der Waals surface area contributed by atoms with Crippen LogP contribution in [0.1, 0.15) is 24.6 Å². The average Bonchev–Trinajstić information content (AvgIpc) is 2.87. The Kier molecular flexibility index (Phi) is 2.76. The fourth-order valence-electron chi connectivity index (χ4n) is 3.48. The molecular formula is C17H18FN3. The number of hydrogen-bond acceptors (Lipinski definition) is 2. The van der Waals surface area contributed by atoms with E-state index in [0.29, 0.717) is 0 Å². The first-order valence-corrected chi connectivity index (χ1v) is 7.40. The van der Waals surface area contributed by atoms with Crippen molar-refractivity contribution in [3.63, 3.8) is 0 Å². The third-order valence-corrected chi connectivity index (χ3v) is 4.71. The molecule has 21 heavy (non-hydrogen) atoms. The molecule has 4 heteroatoms. The van der Waals surface area contributed by atoms with Crippen molar-refractivity contribution in [1.82, 2.24) is 15.1 Å². The van der Waals surface area contributed by atoms with Gasteiger partial charge in [-0.2, -0.15) is 5.10 Å². The van der Waals surface area contributed by atoms with Crippen LogP contribution >= 0.6 is 0 Å². The summed E-state index contributed by atoms with van der Waals surface area (Å²) in [6.07, 6.45) is 6.34. The van der Waals surface area contributed by atoms with Gasteiger partial charge in [-0.3, -0.25) is 0 Å². The lowest BCUT2D eigenvalue weighted by molar-refractivity contribution is 0.320. The molecule has 2 aromatic rings. The summed E-state index contributed by atoms with van der Waals surface area (Å²) < 4.78 is 15.0. The molecule has 108 valence electrons. The zero-order chi connectivity index (χ0) is 14.4. The number of hydrogen-bond donors (Lipinski definition) is 1. The number of fused-ring (bicyclic) bond motifs is 2. The van der Waals surface area contributed by atoms with E-state index < -0.39 is 0 Å². The summed E-state index contributed by atoms with van der Waals surface area (Å²) in [6.45, 7) is 4.39. The number of rotatable bonds is 1. The summed E-state index contributed by atoms with van der Waals surface area (Å²) in [4.78, 5) is 0. The molecule has 2 aliphatic rings. The number of nitrogens with zero attached hydrogens (tertiary/aromatic N) is 2. The predicted octanol–water partition coefficient (Wildman–Crippen LogP) is 2.95. The first-order chi connectivity index (χ1) is 10.2. The van der Waals surface area contributed by atoms with Gasteiger partial charge in [-0.1, -0.05) is 12.5 Å². The second kappa shape index (κ2) is 4.53. The van der Waals surface area contributed by atoms with E-state index in [1.165, 1.54) is 23.3 Å². The maximum atomic E-state index is 13.1. The highest BCUT2D eigenvalue weighted by Gasteiger charge is 2.36. The maximum absolute atomic E-state index is 13.1. The summed E-state index contributed by atoms with van der Waals surface area (Å²) in [6, 6.07) is 6.51. The van der Waals surface area contributed by atoms with E-state index >= 15 is 0 Å². The van der Waals surface area contributed by atoms with Crippen LogP contribution in [-0.4, -0.2) is 22.9 Å². The molecule has 1 N–H and O–H groups in total. The van der Waals surface area contributed by atoms with E-state index in [4.69, 9.17) is 0 Å². The van der Waals surface area contributed by atoms with Crippen LogP contribution in [0.5, 0.6) is 0 Å². The third-order valence-electron chi connectivity index (χ3n) is 4.71. The van der Waals surface area contributed by atoms with Crippen molar-refractivity contribution >= 4 is 6.08 Å². The monoisotopic (exact) mass is 283 g/mol. The van der Waals surface area contributed by atoms with Gasteiger partial charge in [-0.15, -0.1) is 0 Å². The van der Waals surface area contributed by atoms with Gasteiger partial charge in [0.05, 0.1) is 17.6 Å². The minimum atomic E-state index is -0.218. The molecule has 1 atom stereocenters.